The molecule has 0 radical (unpaired) electrons. The fraction of sp³-hybridized carbons (Fsp3) is 0.500. The van der Waals surface area contributed by atoms with Gasteiger partial charge in [-0.2, -0.15) is 0 Å². The van der Waals surface area contributed by atoms with Gasteiger partial charge in [0.15, 0.2) is 11.0 Å². The van der Waals surface area contributed by atoms with E-state index >= 15 is 0 Å². The second-order valence-corrected chi connectivity index (χ2v) is 8.94. The lowest BCUT2D eigenvalue weighted by Gasteiger charge is -2.32. The Kier molecular flexibility index (Phi) is 4.16. The molecule has 4 rings (SSSR count). The Morgan fingerprint density at radius 2 is 2.27 bits per heavy atom. The van der Waals surface area contributed by atoms with E-state index in [0.717, 1.165) is 16.8 Å². The molecule has 0 saturated carbocycles. The van der Waals surface area contributed by atoms with Crippen molar-refractivity contribution in [2.75, 3.05) is 23.7 Å². The van der Waals surface area contributed by atoms with Crippen molar-refractivity contribution in [2.24, 2.45) is 16.6 Å². The van der Waals surface area contributed by atoms with Crippen LogP contribution in [0.3, 0.4) is 0 Å². The van der Waals surface area contributed by atoms with Crippen LogP contribution in [0, 0.1) is 11.7 Å². The van der Waals surface area contributed by atoms with Crippen LogP contribution in [0.5, 0.6) is 0 Å². The highest BCUT2D eigenvalue weighted by atomic mass is 32.2. The van der Waals surface area contributed by atoms with Crippen LogP contribution in [-0.2, 0) is 11.1 Å². The standard InChI is InChI=1S/C16H19FN6OS2/c1-15(2,24)12-10(17)5-19-14(21-12)23-6-9-7-25-13(18)22-16(9,8-23)11-3-4-20-26-11/h3-5,9,24H,6-8H2,1-2H3,(H2,18,22). The Morgan fingerprint density at radius 3 is 2.96 bits per heavy atom. The number of aliphatic imine (C=N–C) groups is 1. The van der Waals surface area contributed by atoms with Crippen LogP contribution >= 0.6 is 23.3 Å². The molecule has 2 aromatic rings. The lowest BCUT2D eigenvalue weighted by Crippen LogP contribution is -2.39. The molecule has 0 amide bonds. The Morgan fingerprint density at radius 1 is 1.46 bits per heavy atom. The van der Waals surface area contributed by atoms with Crippen LogP contribution in [0.4, 0.5) is 10.3 Å². The summed E-state index contributed by atoms with van der Waals surface area (Å²) in [6.07, 6.45) is 2.88. The summed E-state index contributed by atoms with van der Waals surface area (Å²) in [6.45, 7) is 4.23. The number of thioether (sulfide) groups is 1. The van der Waals surface area contributed by atoms with Crippen LogP contribution in [0.25, 0.3) is 0 Å². The number of aliphatic hydroxyl groups is 1. The number of halogens is 1. The summed E-state index contributed by atoms with van der Waals surface area (Å²) in [4.78, 5) is 16.3. The number of hydrogen-bond donors (Lipinski definition) is 2. The summed E-state index contributed by atoms with van der Waals surface area (Å²) >= 11 is 2.96. The molecule has 10 heteroatoms. The van der Waals surface area contributed by atoms with E-state index in [-0.39, 0.29) is 11.6 Å². The Labute approximate surface area is 158 Å². The lowest BCUT2D eigenvalue weighted by atomic mass is 9.87. The third-order valence-electron chi connectivity index (χ3n) is 4.75. The fourth-order valence-electron chi connectivity index (χ4n) is 3.50. The minimum atomic E-state index is -1.39. The maximum absolute atomic E-state index is 14.0. The Bertz CT molecular complexity index is 853. The van der Waals surface area contributed by atoms with Crippen molar-refractivity contribution in [3.8, 4) is 0 Å². The van der Waals surface area contributed by atoms with Gasteiger partial charge in [-0.3, -0.25) is 0 Å². The molecule has 4 heterocycles. The summed E-state index contributed by atoms with van der Waals surface area (Å²) in [5, 5.41) is 10.7. The first-order valence-electron chi connectivity index (χ1n) is 8.19. The molecule has 0 aliphatic carbocycles. The first kappa shape index (κ1) is 17.6. The van der Waals surface area contributed by atoms with Crippen molar-refractivity contribution in [1.82, 2.24) is 14.3 Å². The smallest absolute Gasteiger partial charge is 0.225 e. The summed E-state index contributed by atoms with van der Waals surface area (Å²) in [7, 11) is 0. The maximum Gasteiger partial charge on any atom is 0.225 e. The van der Waals surface area contributed by atoms with Crippen molar-refractivity contribution in [2.45, 2.75) is 25.0 Å². The van der Waals surface area contributed by atoms with Crippen LogP contribution in [-0.4, -0.2) is 43.5 Å². The molecule has 0 bridgehead atoms. The molecule has 1 saturated heterocycles. The van der Waals surface area contributed by atoms with E-state index in [1.165, 1.54) is 25.4 Å². The molecule has 2 aromatic heterocycles. The van der Waals surface area contributed by atoms with Gasteiger partial charge in [-0.25, -0.2) is 23.7 Å². The van der Waals surface area contributed by atoms with E-state index in [0.29, 0.717) is 24.2 Å². The summed E-state index contributed by atoms with van der Waals surface area (Å²) < 4.78 is 18.3. The van der Waals surface area contributed by atoms with E-state index in [1.807, 2.05) is 11.0 Å². The molecule has 2 aliphatic heterocycles. The van der Waals surface area contributed by atoms with Crippen LogP contribution < -0.4 is 10.6 Å². The zero-order valence-corrected chi connectivity index (χ0v) is 16.0. The van der Waals surface area contributed by atoms with Gasteiger partial charge in [0.25, 0.3) is 0 Å². The number of anilines is 1. The van der Waals surface area contributed by atoms with E-state index < -0.39 is 17.0 Å². The third kappa shape index (κ3) is 2.85. The molecule has 0 aromatic carbocycles. The second-order valence-electron chi connectivity index (χ2n) is 7.06. The molecule has 2 unspecified atom stereocenters. The van der Waals surface area contributed by atoms with E-state index in [9.17, 15) is 9.50 Å². The molecule has 2 aliphatic rings. The minimum absolute atomic E-state index is 0.0124. The average molecular weight is 395 g/mol. The molecule has 3 N–H and O–H groups in total. The van der Waals surface area contributed by atoms with Crippen LogP contribution in [0.1, 0.15) is 24.4 Å². The molecule has 0 spiro atoms. The van der Waals surface area contributed by atoms with E-state index in [1.54, 1.807) is 18.0 Å². The molecular weight excluding hydrogens is 375 g/mol. The second kappa shape index (κ2) is 6.14. The summed E-state index contributed by atoms with van der Waals surface area (Å²) in [6, 6.07) is 1.97. The predicted octanol–water partition coefficient (Wildman–Crippen LogP) is 1.69. The topological polar surface area (TPSA) is 101 Å². The Hall–Kier alpha value is -1.78. The zero-order chi connectivity index (χ0) is 18.5. The largest absolute Gasteiger partial charge is 0.384 e. The van der Waals surface area contributed by atoms with Crippen molar-refractivity contribution in [3.05, 3.63) is 34.8 Å². The predicted molar refractivity (Wildman–Crippen MR) is 101 cm³/mol. The summed E-state index contributed by atoms with van der Waals surface area (Å²) in [5.74, 6) is 0.830. The van der Waals surface area contributed by atoms with Gasteiger partial charge in [0, 0.05) is 24.4 Å². The van der Waals surface area contributed by atoms with E-state index in [4.69, 9.17) is 10.7 Å². The normalized spacial score (nSPS) is 25.9. The minimum Gasteiger partial charge on any atom is -0.384 e. The van der Waals surface area contributed by atoms with Crippen molar-refractivity contribution < 1.29 is 9.50 Å². The van der Waals surface area contributed by atoms with Crippen LogP contribution in [0.15, 0.2) is 23.5 Å². The number of hydrogen-bond acceptors (Lipinski definition) is 9. The first-order chi connectivity index (χ1) is 12.3. The number of fused-ring (bicyclic) bond motifs is 1. The highest BCUT2D eigenvalue weighted by molar-refractivity contribution is 8.13. The number of rotatable bonds is 3. The quantitative estimate of drug-likeness (QED) is 0.817. The highest BCUT2D eigenvalue weighted by Crippen LogP contribution is 2.47. The van der Waals surface area contributed by atoms with Crippen molar-refractivity contribution in [3.63, 3.8) is 0 Å². The number of aromatic nitrogens is 3. The zero-order valence-electron chi connectivity index (χ0n) is 14.4. The highest BCUT2D eigenvalue weighted by Gasteiger charge is 2.51. The fourth-order valence-corrected chi connectivity index (χ4v) is 5.27. The third-order valence-corrected chi connectivity index (χ3v) is 6.62. The monoisotopic (exact) mass is 394 g/mol. The van der Waals surface area contributed by atoms with Crippen molar-refractivity contribution in [1.29, 1.82) is 0 Å². The molecule has 138 valence electrons. The molecule has 26 heavy (non-hydrogen) atoms. The van der Waals surface area contributed by atoms with Crippen molar-refractivity contribution >= 4 is 34.4 Å². The van der Waals surface area contributed by atoms with Gasteiger partial charge in [0.1, 0.15) is 16.8 Å². The molecule has 7 nitrogen and oxygen atoms in total. The average Bonchev–Trinajstić information content (AvgIpc) is 3.22. The van der Waals surface area contributed by atoms with Gasteiger partial charge in [0.05, 0.1) is 17.6 Å². The number of amidine groups is 1. The Balaban J connectivity index is 1.74. The van der Waals surface area contributed by atoms with E-state index in [2.05, 4.69) is 14.3 Å². The molecule has 2 atom stereocenters. The van der Waals surface area contributed by atoms with Gasteiger partial charge < -0.3 is 15.7 Å². The number of nitrogens with two attached hydrogens (primary N) is 1. The van der Waals surface area contributed by atoms with Gasteiger partial charge in [0.2, 0.25) is 5.95 Å². The lowest BCUT2D eigenvalue weighted by molar-refractivity contribution is 0.0693. The van der Waals surface area contributed by atoms with Gasteiger partial charge >= 0.3 is 0 Å². The molecular formula is C16H19FN6OS2. The molecule has 1 fully saturated rings. The number of nitrogens with zero attached hydrogens (tertiary/aromatic N) is 5. The SMILES string of the molecule is CC(C)(O)c1nc(N2CC3CSC(N)=NC3(c3ccns3)C2)ncc1F. The van der Waals surface area contributed by atoms with Crippen LogP contribution in [0.2, 0.25) is 0 Å². The maximum atomic E-state index is 14.0. The first-order valence-corrected chi connectivity index (χ1v) is 9.95. The van der Waals surface area contributed by atoms with Gasteiger partial charge in [-0.05, 0) is 31.4 Å². The van der Waals surface area contributed by atoms with Gasteiger partial charge in [-0.15, -0.1) is 0 Å². The summed E-state index contributed by atoms with van der Waals surface area (Å²) in [5.41, 5.74) is 4.15. The van der Waals surface area contributed by atoms with Gasteiger partial charge in [-0.1, -0.05) is 11.8 Å².